The number of methoxy groups -OCH3 is 4. The first kappa shape index (κ1) is 45.8. The van der Waals surface area contributed by atoms with E-state index in [4.69, 9.17) is 28.9 Å². The molecule has 0 bridgehead atoms. The van der Waals surface area contributed by atoms with Crippen LogP contribution in [0.3, 0.4) is 0 Å². The lowest BCUT2D eigenvalue weighted by molar-refractivity contribution is 0.362. The maximum atomic E-state index is 6.12. The van der Waals surface area contributed by atoms with Crippen LogP contribution in [0, 0.1) is 13.8 Å². The molecule has 68 heavy (non-hydrogen) atoms. The molecule has 0 aliphatic heterocycles. The Bertz CT molecular complexity index is 3020. The van der Waals surface area contributed by atoms with Gasteiger partial charge < -0.3 is 18.9 Å². The monoisotopic (exact) mass is 926 g/mol. The Morgan fingerprint density at radius 1 is 0.324 bits per heavy atom. The maximum Gasteiger partial charge on any atom is 0.225 e. The van der Waals surface area contributed by atoms with Crippen molar-refractivity contribution in [3.8, 4) is 45.8 Å². The summed E-state index contributed by atoms with van der Waals surface area (Å²) in [5.74, 6) is 1.78. The molecule has 0 atom stereocenters. The van der Waals surface area contributed by atoms with Crippen LogP contribution in [0.2, 0.25) is 0 Å². The zero-order valence-electron chi connectivity index (χ0n) is 39.1. The summed E-state index contributed by atoms with van der Waals surface area (Å²) in [7, 11) is 4.32. The molecule has 0 spiro atoms. The summed E-state index contributed by atoms with van der Waals surface area (Å²) in [5, 5.41) is 12.0. The third kappa shape index (κ3) is 9.31. The van der Waals surface area contributed by atoms with Crippen molar-refractivity contribution >= 4 is 69.2 Å². The number of benzene rings is 8. The molecule has 0 aliphatic carbocycles. The van der Waals surface area contributed by atoms with Crippen molar-refractivity contribution in [2.75, 3.05) is 28.4 Å². The van der Waals surface area contributed by atoms with Crippen LogP contribution in [0.1, 0.15) is 11.1 Å². The van der Waals surface area contributed by atoms with Crippen LogP contribution in [0.25, 0.3) is 43.8 Å². The van der Waals surface area contributed by atoms with E-state index < -0.39 is 15.8 Å². The molecule has 0 saturated heterocycles. The molecule has 0 N–H and O–H groups in total. The van der Waals surface area contributed by atoms with Crippen LogP contribution in [0.15, 0.2) is 206 Å². The van der Waals surface area contributed by atoms with E-state index in [1.54, 1.807) is 28.4 Å². The third-order valence-corrected chi connectivity index (χ3v) is 16.9. The van der Waals surface area contributed by atoms with Crippen LogP contribution < -0.4 is 50.8 Å². The van der Waals surface area contributed by atoms with Gasteiger partial charge in [-0.25, -0.2) is 0 Å². The molecule has 336 valence electrons. The summed E-state index contributed by atoms with van der Waals surface area (Å²) in [6.45, 7) is 4.42. The van der Waals surface area contributed by atoms with Crippen LogP contribution >= 0.6 is 15.8 Å². The molecule has 0 amide bonds. The topological polar surface area (TPSA) is 62.7 Å². The van der Waals surface area contributed by atoms with Gasteiger partial charge in [-0.15, -0.1) is 0 Å². The van der Waals surface area contributed by atoms with E-state index in [0.717, 1.165) is 21.7 Å². The quantitative estimate of drug-likeness (QED) is 0.114. The SMILES string of the molecule is COc1cc(P(c2ccccc2)c2ccccc2)c(-c2c(P(c3ccccc3)c3ccccc3)cc(OC)nc2OC)c(OC)n1.Cc1ccc2ccccc2c1-c1c(C)ccc2ccccc12. The van der Waals surface area contributed by atoms with Crippen molar-refractivity contribution in [2.45, 2.75) is 13.8 Å². The number of hydrogen-bond donors (Lipinski definition) is 0. The smallest absolute Gasteiger partial charge is 0.225 e. The van der Waals surface area contributed by atoms with Crippen molar-refractivity contribution in [3.05, 3.63) is 217 Å². The molecule has 0 aliphatic rings. The first-order valence-electron chi connectivity index (χ1n) is 22.5. The summed E-state index contributed by atoms with van der Waals surface area (Å²) in [4.78, 5) is 9.68. The molecule has 2 heterocycles. The third-order valence-electron chi connectivity index (χ3n) is 12.0. The van der Waals surface area contributed by atoms with Gasteiger partial charge in [0.1, 0.15) is 0 Å². The summed E-state index contributed by atoms with van der Waals surface area (Å²) in [6, 6.07) is 72.5. The molecule has 2 aromatic heterocycles. The standard InChI is InChI=1S/C38H34N2O4P2.C22H18/c1-41-33-25-31(45(27-17-9-5-10-18-27)28-19-11-6-12-20-28)35(37(39-33)43-3)36-32(26-34(42-2)40-38(36)44-4)46(29-21-13-7-14-22-29)30-23-15-8-16-24-30;1-15-11-13-17-7-3-5-9-19(17)21(15)22-16(2)12-14-18-8-4-6-10-20(18)22/h5-26H,1-4H3;3-14H,1-2H3. The Hall–Kier alpha value is -7.36. The largest absolute Gasteiger partial charge is 0.481 e. The van der Waals surface area contributed by atoms with Crippen LogP contribution in [0.5, 0.6) is 23.5 Å². The lowest BCUT2D eigenvalue weighted by Gasteiger charge is -2.28. The van der Waals surface area contributed by atoms with Gasteiger partial charge in [-0.1, -0.05) is 194 Å². The average Bonchev–Trinajstić information content (AvgIpc) is 3.40. The predicted molar refractivity (Wildman–Crippen MR) is 287 cm³/mol. The first-order chi connectivity index (χ1) is 33.4. The van der Waals surface area contributed by atoms with Crippen molar-refractivity contribution in [3.63, 3.8) is 0 Å². The highest BCUT2D eigenvalue weighted by Crippen LogP contribution is 2.47. The van der Waals surface area contributed by atoms with E-state index in [1.165, 1.54) is 65.0 Å². The molecule has 6 nitrogen and oxygen atoms in total. The second-order valence-electron chi connectivity index (χ2n) is 16.1. The average molecular weight is 927 g/mol. The lowest BCUT2D eigenvalue weighted by atomic mass is 9.88. The van der Waals surface area contributed by atoms with Gasteiger partial charge in [-0.2, -0.15) is 9.97 Å². The molecule has 0 saturated carbocycles. The van der Waals surface area contributed by atoms with E-state index >= 15 is 0 Å². The van der Waals surface area contributed by atoms with Crippen molar-refractivity contribution in [2.24, 2.45) is 0 Å². The normalized spacial score (nSPS) is 11.1. The van der Waals surface area contributed by atoms with Crippen LogP contribution in [0.4, 0.5) is 0 Å². The molecule has 10 aromatic rings. The number of ether oxygens (including phenoxy) is 4. The van der Waals surface area contributed by atoms with E-state index in [9.17, 15) is 0 Å². The Morgan fingerprint density at radius 2 is 0.632 bits per heavy atom. The second kappa shape index (κ2) is 21.1. The fourth-order valence-electron chi connectivity index (χ4n) is 8.89. The molecule has 0 radical (unpaired) electrons. The summed E-state index contributed by atoms with van der Waals surface area (Å²) in [6.07, 6.45) is 0. The maximum absolute atomic E-state index is 6.12. The molecule has 0 fully saturated rings. The summed E-state index contributed by atoms with van der Waals surface area (Å²) >= 11 is 0. The van der Waals surface area contributed by atoms with Crippen LogP contribution in [-0.2, 0) is 0 Å². The fraction of sp³-hybridized carbons (Fsp3) is 0.100. The number of hydrogen-bond acceptors (Lipinski definition) is 6. The van der Waals surface area contributed by atoms with Gasteiger partial charge in [0, 0.05) is 22.7 Å². The summed E-state index contributed by atoms with van der Waals surface area (Å²) < 4.78 is 23.8. The molecule has 8 heteroatoms. The van der Waals surface area contributed by atoms with Crippen molar-refractivity contribution in [1.29, 1.82) is 0 Å². The molecular formula is C60H52N2O4P2. The predicted octanol–water partition coefficient (Wildman–Crippen LogP) is 12.0. The number of aryl methyl sites for hydroxylation is 2. The van der Waals surface area contributed by atoms with Gasteiger partial charge in [0.05, 0.1) is 39.6 Å². The lowest BCUT2D eigenvalue weighted by Crippen LogP contribution is -2.27. The van der Waals surface area contributed by atoms with E-state index in [0.29, 0.717) is 23.5 Å². The minimum atomic E-state index is -1.11. The van der Waals surface area contributed by atoms with Gasteiger partial charge in [0.15, 0.2) is 0 Å². The summed E-state index contributed by atoms with van der Waals surface area (Å²) in [5.41, 5.74) is 7.02. The van der Waals surface area contributed by atoms with E-state index in [-0.39, 0.29) is 0 Å². The Kier molecular flexibility index (Phi) is 14.2. The second-order valence-corrected chi connectivity index (χ2v) is 20.5. The van der Waals surface area contributed by atoms with Gasteiger partial charge in [-0.3, -0.25) is 0 Å². The fourth-order valence-corrected chi connectivity index (χ4v) is 13.8. The molecular weight excluding hydrogens is 875 g/mol. The van der Waals surface area contributed by atoms with Crippen LogP contribution in [-0.4, -0.2) is 38.4 Å². The Balaban J connectivity index is 0.000000217. The van der Waals surface area contributed by atoms with Gasteiger partial charge >= 0.3 is 0 Å². The highest BCUT2D eigenvalue weighted by atomic mass is 31.1. The van der Waals surface area contributed by atoms with Crippen molar-refractivity contribution < 1.29 is 18.9 Å². The first-order valence-corrected chi connectivity index (χ1v) is 25.1. The molecule has 0 unspecified atom stereocenters. The van der Waals surface area contributed by atoms with Gasteiger partial charge in [-0.05, 0) is 94.7 Å². The van der Waals surface area contributed by atoms with Gasteiger partial charge in [0.25, 0.3) is 0 Å². The zero-order valence-corrected chi connectivity index (χ0v) is 40.8. The highest BCUT2D eigenvalue weighted by molar-refractivity contribution is 7.80. The highest BCUT2D eigenvalue weighted by Gasteiger charge is 2.33. The van der Waals surface area contributed by atoms with E-state index in [1.807, 2.05) is 36.4 Å². The molecule has 10 rings (SSSR count). The minimum Gasteiger partial charge on any atom is -0.481 e. The zero-order chi connectivity index (χ0) is 47.0. The number of pyridine rings is 2. The molecule has 8 aromatic carbocycles. The minimum absolute atomic E-state index is 0.427. The number of fused-ring (bicyclic) bond motifs is 2. The Morgan fingerprint density at radius 3 is 0.941 bits per heavy atom. The van der Waals surface area contributed by atoms with Gasteiger partial charge in [0.2, 0.25) is 23.5 Å². The van der Waals surface area contributed by atoms with Crippen molar-refractivity contribution in [1.82, 2.24) is 9.97 Å². The van der Waals surface area contributed by atoms with E-state index in [2.05, 4.69) is 184 Å². The number of rotatable bonds is 12. The Labute approximate surface area is 401 Å². The number of aromatic nitrogens is 2. The number of nitrogens with zero attached hydrogens (tertiary/aromatic N) is 2.